The molecule has 2 aromatic rings. The molecule has 2 aromatic carbocycles. The Kier molecular flexibility index (Phi) is 5.86. The molecule has 2 aliphatic rings. The average Bonchev–Trinajstić information content (AvgIpc) is 3.47. The SMILES string of the molecule is COc1ccc([C@@H]2CN(C(=O)c3ccc(Cl)cc3)C[C@@H]2C(=O)NC2CC2)c(OC)c1. The van der Waals surface area contributed by atoms with Crippen LogP contribution in [0.5, 0.6) is 11.5 Å². The first-order valence-electron chi connectivity index (χ1n) is 10.1. The molecule has 7 heteroatoms. The van der Waals surface area contributed by atoms with Crippen molar-refractivity contribution in [2.75, 3.05) is 27.3 Å². The van der Waals surface area contributed by atoms with Gasteiger partial charge in [0.15, 0.2) is 0 Å². The van der Waals surface area contributed by atoms with Crippen LogP contribution in [0.3, 0.4) is 0 Å². The Balaban J connectivity index is 1.63. The Morgan fingerprint density at radius 2 is 1.77 bits per heavy atom. The number of ether oxygens (including phenoxy) is 2. The molecule has 0 aromatic heterocycles. The highest BCUT2D eigenvalue weighted by molar-refractivity contribution is 6.30. The van der Waals surface area contributed by atoms with Gasteiger partial charge in [0.05, 0.1) is 20.1 Å². The highest BCUT2D eigenvalue weighted by Crippen LogP contribution is 2.40. The highest BCUT2D eigenvalue weighted by Gasteiger charge is 2.43. The van der Waals surface area contributed by atoms with Gasteiger partial charge in [0.25, 0.3) is 5.91 Å². The fourth-order valence-corrected chi connectivity index (χ4v) is 4.11. The third-order valence-electron chi connectivity index (χ3n) is 5.80. The Labute approximate surface area is 181 Å². The Hall–Kier alpha value is -2.73. The Morgan fingerprint density at radius 3 is 2.40 bits per heavy atom. The Bertz CT molecular complexity index is 943. The van der Waals surface area contributed by atoms with Crippen LogP contribution in [-0.4, -0.2) is 50.1 Å². The maximum atomic E-state index is 13.1. The average molecular weight is 429 g/mol. The van der Waals surface area contributed by atoms with Crippen LogP contribution in [0.15, 0.2) is 42.5 Å². The minimum atomic E-state index is -0.343. The summed E-state index contributed by atoms with van der Waals surface area (Å²) < 4.78 is 10.9. The lowest BCUT2D eigenvalue weighted by Crippen LogP contribution is -2.36. The molecule has 6 nitrogen and oxygen atoms in total. The molecule has 1 aliphatic heterocycles. The molecule has 2 atom stereocenters. The van der Waals surface area contributed by atoms with Crippen LogP contribution >= 0.6 is 11.6 Å². The first-order valence-corrected chi connectivity index (χ1v) is 10.4. The van der Waals surface area contributed by atoms with E-state index in [0.717, 1.165) is 18.4 Å². The summed E-state index contributed by atoms with van der Waals surface area (Å²) in [6.45, 7) is 0.798. The number of carbonyl (C=O) groups excluding carboxylic acids is 2. The standard InChI is InChI=1S/C23H25ClN2O4/c1-29-17-9-10-18(21(11-17)30-2)19-12-26(13-20(19)22(27)25-16-7-8-16)23(28)14-3-5-15(24)6-4-14/h3-6,9-11,16,19-20H,7-8,12-13H2,1-2H3,(H,25,27)/t19-,20-/m0/s1. The molecule has 0 unspecified atom stereocenters. The number of benzene rings is 2. The van der Waals surface area contributed by atoms with Crippen LogP contribution in [0, 0.1) is 5.92 Å². The van der Waals surface area contributed by atoms with Gasteiger partial charge in [0.1, 0.15) is 11.5 Å². The second-order valence-electron chi connectivity index (χ2n) is 7.82. The zero-order valence-corrected chi connectivity index (χ0v) is 17.8. The lowest BCUT2D eigenvalue weighted by Gasteiger charge is -2.21. The molecule has 1 saturated heterocycles. The second-order valence-corrected chi connectivity index (χ2v) is 8.26. The fourth-order valence-electron chi connectivity index (χ4n) is 3.99. The maximum Gasteiger partial charge on any atom is 0.253 e. The lowest BCUT2D eigenvalue weighted by atomic mass is 9.87. The summed E-state index contributed by atoms with van der Waals surface area (Å²) >= 11 is 5.95. The third kappa shape index (κ3) is 4.24. The molecule has 4 rings (SSSR count). The van der Waals surface area contributed by atoms with Crippen molar-refractivity contribution in [3.63, 3.8) is 0 Å². The topological polar surface area (TPSA) is 67.9 Å². The largest absolute Gasteiger partial charge is 0.497 e. The van der Waals surface area contributed by atoms with Crippen LogP contribution < -0.4 is 14.8 Å². The number of amides is 2. The zero-order valence-electron chi connectivity index (χ0n) is 17.1. The molecule has 2 fully saturated rings. The van der Waals surface area contributed by atoms with Gasteiger partial charge in [-0.2, -0.15) is 0 Å². The summed E-state index contributed by atoms with van der Waals surface area (Å²) in [6, 6.07) is 12.7. The second kappa shape index (κ2) is 8.56. The molecule has 0 spiro atoms. The maximum absolute atomic E-state index is 13.1. The smallest absolute Gasteiger partial charge is 0.253 e. The number of halogens is 1. The summed E-state index contributed by atoms with van der Waals surface area (Å²) in [5.74, 6) is 0.716. The van der Waals surface area contributed by atoms with Crippen molar-refractivity contribution in [1.29, 1.82) is 0 Å². The van der Waals surface area contributed by atoms with Crippen molar-refractivity contribution in [3.05, 3.63) is 58.6 Å². The van der Waals surface area contributed by atoms with E-state index in [1.165, 1.54) is 0 Å². The number of rotatable bonds is 6. The van der Waals surface area contributed by atoms with Gasteiger partial charge >= 0.3 is 0 Å². The number of methoxy groups -OCH3 is 2. The van der Waals surface area contributed by atoms with Gasteiger partial charge in [-0.25, -0.2) is 0 Å². The molecule has 0 bridgehead atoms. The number of likely N-dealkylation sites (tertiary alicyclic amines) is 1. The van der Waals surface area contributed by atoms with Gasteiger partial charge in [-0.15, -0.1) is 0 Å². The quantitative estimate of drug-likeness (QED) is 0.764. The minimum absolute atomic E-state index is 0.00761. The van der Waals surface area contributed by atoms with Crippen LogP contribution in [0.25, 0.3) is 0 Å². The van der Waals surface area contributed by atoms with Crippen LogP contribution in [0.1, 0.15) is 34.7 Å². The van der Waals surface area contributed by atoms with Gasteiger partial charge in [-0.3, -0.25) is 9.59 Å². The monoisotopic (exact) mass is 428 g/mol. The van der Waals surface area contributed by atoms with Gasteiger partial charge < -0.3 is 19.7 Å². The molecule has 0 radical (unpaired) electrons. The van der Waals surface area contributed by atoms with Gasteiger partial charge in [-0.1, -0.05) is 17.7 Å². The van der Waals surface area contributed by atoms with Crippen molar-refractivity contribution in [2.45, 2.75) is 24.8 Å². The molecule has 1 heterocycles. The molecule has 158 valence electrons. The summed E-state index contributed by atoms with van der Waals surface area (Å²) in [6.07, 6.45) is 2.03. The zero-order chi connectivity index (χ0) is 21.3. The van der Waals surface area contributed by atoms with Gasteiger partial charge in [0.2, 0.25) is 5.91 Å². The van der Waals surface area contributed by atoms with Crippen molar-refractivity contribution < 1.29 is 19.1 Å². The van der Waals surface area contributed by atoms with Crippen molar-refractivity contribution in [1.82, 2.24) is 10.2 Å². The van der Waals surface area contributed by atoms with E-state index in [9.17, 15) is 9.59 Å². The van der Waals surface area contributed by atoms with Crippen molar-refractivity contribution in [2.24, 2.45) is 5.92 Å². The minimum Gasteiger partial charge on any atom is -0.497 e. The number of carbonyl (C=O) groups is 2. The van der Waals surface area contributed by atoms with Crippen LogP contribution in [0.2, 0.25) is 5.02 Å². The van der Waals surface area contributed by atoms with E-state index < -0.39 is 0 Å². The number of hydrogen-bond donors (Lipinski definition) is 1. The molecule has 1 saturated carbocycles. The number of nitrogens with zero attached hydrogens (tertiary/aromatic N) is 1. The fraction of sp³-hybridized carbons (Fsp3) is 0.391. The van der Waals surface area contributed by atoms with Gasteiger partial charge in [0, 0.05) is 47.3 Å². The number of hydrogen-bond acceptors (Lipinski definition) is 4. The lowest BCUT2D eigenvalue weighted by molar-refractivity contribution is -0.125. The van der Waals surface area contributed by atoms with E-state index >= 15 is 0 Å². The molecule has 30 heavy (non-hydrogen) atoms. The predicted molar refractivity (Wildman–Crippen MR) is 114 cm³/mol. The van der Waals surface area contributed by atoms with E-state index in [2.05, 4.69) is 5.32 Å². The summed E-state index contributed by atoms with van der Waals surface area (Å²) in [5, 5.41) is 3.68. The normalized spacial score (nSPS) is 20.7. The van der Waals surface area contributed by atoms with Crippen molar-refractivity contribution >= 4 is 23.4 Å². The van der Waals surface area contributed by atoms with Crippen LogP contribution in [-0.2, 0) is 4.79 Å². The van der Waals surface area contributed by atoms with Crippen LogP contribution in [0.4, 0.5) is 0 Å². The summed E-state index contributed by atoms with van der Waals surface area (Å²) in [7, 11) is 3.20. The molecular weight excluding hydrogens is 404 g/mol. The van der Waals surface area contributed by atoms with Gasteiger partial charge in [-0.05, 0) is 43.2 Å². The van der Waals surface area contributed by atoms with E-state index in [-0.39, 0.29) is 29.7 Å². The van der Waals surface area contributed by atoms with E-state index in [1.54, 1.807) is 43.4 Å². The summed E-state index contributed by atoms with van der Waals surface area (Å²) in [5.41, 5.74) is 1.46. The highest BCUT2D eigenvalue weighted by atomic mass is 35.5. The number of nitrogens with one attached hydrogen (secondary N) is 1. The predicted octanol–water partition coefficient (Wildman–Crippen LogP) is 3.49. The third-order valence-corrected chi connectivity index (χ3v) is 6.05. The molecule has 2 amide bonds. The first kappa shape index (κ1) is 20.5. The van der Waals surface area contributed by atoms with E-state index in [0.29, 0.717) is 35.2 Å². The van der Waals surface area contributed by atoms with Crippen molar-refractivity contribution in [3.8, 4) is 11.5 Å². The Morgan fingerprint density at radius 1 is 1.03 bits per heavy atom. The summed E-state index contributed by atoms with van der Waals surface area (Å²) in [4.78, 5) is 27.9. The van der Waals surface area contributed by atoms with E-state index in [4.69, 9.17) is 21.1 Å². The molecular formula is C23H25ClN2O4. The molecule has 1 N–H and O–H groups in total. The van der Waals surface area contributed by atoms with E-state index in [1.807, 2.05) is 18.2 Å². The first-order chi connectivity index (χ1) is 14.5. The molecule has 1 aliphatic carbocycles.